The highest BCUT2D eigenvalue weighted by Crippen LogP contribution is 2.34. The lowest BCUT2D eigenvalue weighted by atomic mass is 9.92. The van der Waals surface area contributed by atoms with Gasteiger partial charge in [0.25, 0.3) is 10.0 Å². The second kappa shape index (κ2) is 10.9. The highest BCUT2D eigenvalue weighted by Gasteiger charge is 2.25. The van der Waals surface area contributed by atoms with Gasteiger partial charge in [0, 0.05) is 21.7 Å². The Morgan fingerprint density at radius 1 is 1.21 bits per heavy atom. The van der Waals surface area contributed by atoms with Crippen LogP contribution in [-0.2, 0) is 23.0 Å². The minimum absolute atomic E-state index is 0.0303. The Balaban J connectivity index is 1.30. The van der Waals surface area contributed by atoms with Crippen LogP contribution in [0.1, 0.15) is 29.7 Å². The van der Waals surface area contributed by atoms with Crippen LogP contribution < -0.4 is 14.8 Å². The lowest BCUT2D eigenvalue weighted by Gasteiger charge is -2.19. The van der Waals surface area contributed by atoms with Crippen LogP contribution in [0, 0.1) is 0 Å². The number of amides is 2. The average molecular weight is 594 g/mol. The fourth-order valence-corrected chi connectivity index (χ4v) is 5.76. The maximum absolute atomic E-state index is 15.4. The van der Waals surface area contributed by atoms with E-state index in [4.69, 9.17) is 32.4 Å². The summed E-state index contributed by atoms with van der Waals surface area (Å²) in [6.07, 6.45) is 3.53. The van der Waals surface area contributed by atoms with Crippen LogP contribution >= 0.6 is 23.2 Å². The summed E-state index contributed by atoms with van der Waals surface area (Å²) < 4.78 is 54.5. The number of sulfonamides is 1. The number of rotatable bonds is 7. The van der Waals surface area contributed by atoms with Gasteiger partial charge in [-0.3, -0.25) is 4.68 Å². The van der Waals surface area contributed by atoms with Crippen LogP contribution in [0.5, 0.6) is 6.08 Å². The highest BCUT2D eigenvalue weighted by molar-refractivity contribution is 7.90. The van der Waals surface area contributed by atoms with Crippen LogP contribution in [0.4, 0.5) is 9.18 Å². The molecular weight excluding hydrogens is 572 g/mol. The molecule has 0 bridgehead atoms. The molecule has 2 amide bonds. The molecule has 1 aliphatic rings. The second-order valence-electron chi connectivity index (χ2n) is 8.75. The van der Waals surface area contributed by atoms with Crippen LogP contribution in [0.3, 0.4) is 0 Å². The number of urea groups is 1. The first-order chi connectivity index (χ1) is 18.6. The van der Waals surface area contributed by atoms with Gasteiger partial charge in [-0.2, -0.15) is 10.1 Å². The Bertz CT molecular complexity index is 1720. The molecule has 2 heterocycles. The third-order valence-corrected chi connectivity index (χ3v) is 8.11. The lowest BCUT2D eigenvalue weighted by molar-refractivity contribution is 0.246. The molecule has 1 aliphatic carbocycles. The lowest BCUT2D eigenvalue weighted by Crippen LogP contribution is -2.40. The second-order valence-corrected chi connectivity index (χ2v) is 11.3. The van der Waals surface area contributed by atoms with Crippen LogP contribution in [0.15, 0.2) is 57.7 Å². The van der Waals surface area contributed by atoms with Gasteiger partial charge in [-0.25, -0.2) is 22.3 Å². The minimum atomic E-state index is -4.27. The zero-order valence-corrected chi connectivity index (χ0v) is 22.8. The third-order valence-electron chi connectivity index (χ3n) is 6.19. The Morgan fingerprint density at radius 3 is 2.79 bits per heavy atom. The number of hydrogen-bond donors (Lipinski definition) is 2. The van der Waals surface area contributed by atoms with E-state index in [9.17, 15) is 13.2 Å². The van der Waals surface area contributed by atoms with E-state index >= 15 is 4.39 Å². The van der Waals surface area contributed by atoms with Crippen LogP contribution in [-0.4, -0.2) is 42.9 Å². The van der Waals surface area contributed by atoms with E-state index in [1.807, 2.05) is 4.72 Å². The van der Waals surface area contributed by atoms with E-state index in [1.165, 1.54) is 25.3 Å². The summed E-state index contributed by atoms with van der Waals surface area (Å²) in [6.45, 7) is -0.211. The zero-order chi connectivity index (χ0) is 27.7. The molecule has 0 saturated heterocycles. The van der Waals surface area contributed by atoms with Crippen molar-refractivity contribution in [2.45, 2.75) is 30.7 Å². The molecule has 0 atom stereocenters. The Kier molecular flexibility index (Phi) is 7.52. The number of halogens is 3. The molecule has 0 saturated carbocycles. The van der Waals surface area contributed by atoms with E-state index in [0.717, 1.165) is 17.5 Å². The summed E-state index contributed by atoms with van der Waals surface area (Å²) in [6, 6.07) is 7.93. The smallest absolute Gasteiger partial charge is 0.394 e. The Labute approximate surface area is 232 Å². The third kappa shape index (κ3) is 5.72. The summed E-state index contributed by atoms with van der Waals surface area (Å²) >= 11 is 12.3. The average Bonchev–Trinajstić information content (AvgIpc) is 3.52. The number of fused-ring (bicyclic) bond motifs is 2. The molecule has 204 valence electrons. The van der Waals surface area contributed by atoms with Crippen LogP contribution in [0.2, 0.25) is 10.0 Å². The topological polar surface area (TPSA) is 128 Å². The summed E-state index contributed by atoms with van der Waals surface area (Å²) in [5.74, 6) is -0.595. The Hall–Kier alpha value is -3.61. The van der Waals surface area contributed by atoms with Gasteiger partial charge in [0.2, 0.25) is 0 Å². The molecule has 5 rings (SSSR count). The highest BCUT2D eigenvalue weighted by atomic mass is 35.5. The number of methoxy groups -OCH3 is 1. The molecular formula is C25H22Cl2FN5O5S. The largest absolute Gasteiger partial charge is 0.453 e. The van der Waals surface area contributed by atoms with E-state index in [2.05, 4.69) is 15.4 Å². The zero-order valence-electron chi connectivity index (χ0n) is 20.5. The molecule has 4 aromatic rings. The van der Waals surface area contributed by atoms with E-state index in [-0.39, 0.29) is 16.6 Å². The first-order valence-electron chi connectivity index (χ1n) is 11.8. The number of aryl methyl sites for hydroxylation is 1. The van der Waals surface area contributed by atoms with Crippen LogP contribution in [0.25, 0.3) is 16.7 Å². The molecule has 14 heteroatoms. The number of carbonyl (C=O) groups excluding carboxylic acids is 1. The van der Waals surface area contributed by atoms with Gasteiger partial charge < -0.3 is 14.5 Å². The van der Waals surface area contributed by atoms with Crippen molar-refractivity contribution in [3.8, 4) is 6.08 Å². The number of aromatic nitrogens is 3. The van der Waals surface area contributed by atoms with Crippen molar-refractivity contribution in [3.63, 3.8) is 0 Å². The predicted octanol–water partition coefficient (Wildman–Crippen LogP) is 5.09. The van der Waals surface area contributed by atoms with Gasteiger partial charge >= 0.3 is 12.1 Å². The number of hydrogen-bond acceptors (Lipinski definition) is 7. The van der Waals surface area contributed by atoms with Crippen molar-refractivity contribution in [1.29, 1.82) is 0 Å². The molecule has 0 fully saturated rings. The summed E-state index contributed by atoms with van der Waals surface area (Å²) in [4.78, 5) is 16.2. The van der Waals surface area contributed by atoms with Crippen molar-refractivity contribution >= 4 is 55.9 Å². The van der Waals surface area contributed by atoms with Crippen molar-refractivity contribution < 1.29 is 26.8 Å². The molecule has 39 heavy (non-hydrogen) atoms. The molecule has 0 spiro atoms. The molecule has 2 N–H and O–H groups in total. The SMILES string of the molecule is COc1nc2ccc(S(=O)(=O)NC(=O)NCC(F)=C3CCCc4cnn(Cc5ccc(Cl)cc5Cl)c43)cc2o1. The Morgan fingerprint density at radius 2 is 2.03 bits per heavy atom. The fourth-order valence-electron chi connectivity index (χ4n) is 4.35. The summed E-state index contributed by atoms with van der Waals surface area (Å²) in [7, 11) is -2.91. The van der Waals surface area contributed by atoms with Gasteiger partial charge in [0.05, 0.1) is 37.0 Å². The van der Waals surface area contributed by atoms with Crippen molar-refractivity contribution in [1.82, 2.24) is 24.8 Å². The van der Waals surface area contributed by atoms with Gasteiger partial charge in [-0.05, 0) is 54.7 Å². The summed E-state index contributed by atoms with van der Waals surface area (Å²) in [5, 5.41) is 7.67. The van der Waals surface area contributed by atoms with Crippen molar-refractivity contribution in [3.05, 3.63) is 75.3 Å². The molecule has 0 radical (unpaired) electrons. The number of nitrogens with one attached hydrogen (secondary N) is 2. The van der Waals surface area contributed by atoms with Gasteiger partial charge in [0.15, 0.2) is 5.58 Å². The molecule has 0 aliphatic heterocycles. The number of benzene rings is 2. The molecule has 10 nitrogen and oxygen atoms in total. The number of ether oxygens (including phenoxy) is 1. The molecule has 2 aromatic carbocycles. The maximum atomic E-state index is 15.4. The van der Waals surface area contributed by atoms with E-state index in [1.54, 1.807) is 29.1 Å². The molecule has 0 unspecified atom stereocenters. The fraction of sp³-hybridized carbons (Fsp3) is 0.240. The minimum Gasteiger partial charge on any atom is -0.453 e. The monoisotopic (exact) mass is 593 g/mol. The normalized spacial score (nSPS) is 14.7. The number of allylic oxidation sites excluding steroid dienone is 1. The van der Waals surface area contributed by atoms with E-state index in [0.29, 0.717) is 46.2 Å². The van der Waals surface area contributed by atoms with E-state index < -0.39 is 28.4 Å². The predicted molar refractivity (Wildman–Crippen MR) is 143 cm³/mol. The standard InChI is InChI=1S/C25H22Cl2FN5O5S/c1-37-25-31-21-8-7-17(10-22(21)38-25)39(35,36)32-24(34)29-12-20(28)18-4-2-3-14-11-30-33(23(14)18)13-15-5-6-16(26)9-19(15)27/h5-11H,2-4,12-13H2,1H3,(H2,29,32,34). The maximum Gasteiger partial charge on any atom is 0.394 e. The van der Waals surface area contributed by atoms with Crippen molar-refractivity contribution in [2.24, 2.45) is 0 Å². The number of oxazole rings is 1. The number of nitrogens with zero attached hydrogens (tertiary/aromatic N) is 3. The first kappa shape index (κ1) is 27.0. The summed E-state index contributed by atoms with van der Waals surface area (Å²) in [5.41, 5.74) is 3.20. The van der Waals surface area contributed by atoms with Gasteiger partial charge in [0.1, 0.15) is 11.3 Å². The number of carbonyl (C=O) groups is 1. The van der Waals surface area contributed by atoms with Gasteiger partial charge in [-0.15, -0.1) is 0 Å². The van der Waals surface area contributed by atoms with Gasteiger partial charge in [-0.1, -0.05) is 29.3 Å². The van der Waals surface area contributed by atoms with Crippen molar-refractivity contribution in [2.75, 3.05) is 13.7 Å². The quantitative estimate of drug-likeness (QED) is 0.305. The molecule has 2 aromatic heterocycles. The first-order valence-corrected chi connectivity index (χ1v) is 14.0.